The number of hydrogen-bond donors (Lipinski definition) is 1. The highest BCUT2D eigenvalue weighted by atomic mass is 19.4. The second-order valence-corrected chi connectivity index (χ2v) is 4.04. The molecule has 0 amide bonds. The van der Waals surface area contributed by atoms with Crippen molar-refractivity contribution in [3.05, 3.63) is 23.8 Å². The molecule has 88 valence electrons. The minimum atomic E-state index is -4.20. The van der Waals surface area contributed by atoms with E-state index < -0.39 is 11.6 Å². The number of alkyl halides is 3. The molecule has 16 heavy (non-hydrogen) atoms. The van der Waals surface area contributed by atoms with Crippen LogP contribution in [0.4, 0.5) is 18.9 Å². The van der Waals surface area contributed by atoms with Crippen molar-refractivity contribution in [2.75, 3.05) is 12.8 Å². The molecule has 1 saturated carbocycles. The Hall–Kier alpha value is -1.39. The van der Waals surface area contributed by atoms with E-state index in [0.717, 1.165) is 0 Å². The van der Waals surface area contributed by atoms with Gasteiger partial charge in [0.05, 0.1) is 18.2 Å². The van der Waals surface area contributed by atoms with Crippen LogP contribution in [0.15, 0.2) is 18.2 Å². The first-order valence-corrected chi connectivity index (χ1v) is 4.91. The Balaban J connectivity index is 2.42. The number of benzene rings is 1. The molecule has 0 aromatic heterocycles. The Bertz CT molecular complexity index is 410. The van der Waals surface area contributed by atoms with Crippen molar-refractivity contribution in [3.63, 3.8) is 0 Å². The highest BCUT2D eigenvalue weighted by Crippen LogP contribution is 2.59. The smallest absolute Gasteiger partial charge is 0.398 e. The summed E-state index contributed by atoms with van der Waals surface area (Å²) in [6.07, 6.45) is -3.92. The molecule has 1 fully saturated rings. The number of nitrogen functional groups attached to an aromatic ring is 1. The van der Waals surface area contributed by atoms with Gasteiger partial charge in [0.2, 0.25) is 0 Å². The van der Waals surface area contributed by atoms with E-state index in [2.05, 4.69) is 0 Å². The summed E-state index contributed by atoms with van der Waals surface area (Å²) in [4.78, 5) is 0. The van der Waals surface area contributed by atoms with Crippen molar-refractivity contribution in [3.8, 4) is 5.75 Å². The first-order chi connectivity index (χ1) is 7.40. The van der Waals surface area contributed by atoms with Gasteiger partial charge in [-0.25, -0.2) is 0 Å². The zero-order valence-electron chi connectivity index (χ0n) is 8.77. The van der Waals surface area contributed by atoms with Crippen LogP contribution in [0.25, 0.3) is 0 Å². The predicted molar refractivity (Wildman–Crippen MR) is 54.4 cm³/mol. The molecule has 2 N–H and O–H groups in total. The maximum Gasteiger partial charge on any atom is 0.398 e. The maximum absolute atomic E-state index is 12.8. The monoisotopic (exact) mass is 231 g/mol. The van der Waals surface area contributed by atoms with Crippen molar-refractivity contribution < 1.29 is 17.9 Å². The Morgan fingerprint density at radius 1 is 1.31 bits per heavy atom. The molecule has 1 aliphatic rings. The lowest BCUT2D eigenvalue weighted by Crippen LogP contribution is -2.28. The van der Waals surface area contributed by atoms with Crippen LogP contribution in [0.2, 0.25) is 0 Å². The van der Waals surface area contributed by atoms with Crippen molar-refractivity contribution >= 4 is 5.69 Å². The Kier molecular flexibility index (Phi) is 2.29. The molecule has 1 aromatic rings. The van der Waals surface area contributed by atoms with E-state index in [-0.39, 0.29) is 18.4 Å². The lowest BCUT2D eigenvalue weighted by molar-refractivity contribution is -0.160. The van der Waals surface area contributed by atoms with E-state index in [1.165, 1.54) is 25.3 Å². The SMILES string of the molecule is COc1cc(C2(C(F)(F)F)CC2)ccc1N. The quantitative estimate of drug-likeness (QED) is 0.794. The van der Waals surface area contributed by atoms with Gasteiger partial charge >= 0.3 is 6.18 Å². The zero-order chi connectivity index (χ0) is 12.0. The lowest BCUT2D eigenvalue weighted by Gasteiger charge is -2.20. The van der Waals surface area contributed by atoms with Crippen LogP contribution < -0.4 is 10.5 Å². The highest BCUT2D eigenvalue weighted by molar-refractivity contribution is 5.56. The molecular weight excluding hydrogens is 219 g/mol. The van der Waals surface area contributed by atoms with Crippen molar-refractivity contribution in [2.24, 2.45) is 0 Å². The molecular formula is C11H12F3NO. The van der Waals surface area contributed by atoms with Gasteiger partial charge in [0, 0.05) is 0 Å². The topological polar surface area (TPSA) is 35.2 Å². The lowest BCUT2D eigenvalue weighted by atomic mass is 9.95. The fourth-order valence-electron chi connectivity index (χ4n) is 1.87. The standard InChI is InChI=1S/C11H12F3NO/c1-16-9-6-7(2-3-8(9)15)10(4-5-10)11(12,13)14/h2-3,6H,4-5,15H2,1H3. The Morgan fingerprint density at radius 3 is 2.38 bits per heavy atom. The number of halogens is 3. The Labute approximate surface area is 91.2 Å². The van der Waals surface area contributed by atoms with E-state index in [4.69, 9.17) is 10.5 Å². The number of hydrogen-bond acceptors (Lipinski definition) is 2. The molecule has 0 saturated heterocycles. The van der Waals surface area contributed by atoms with Gasteiger partial charge in [0.15, 0.2) is 0 Å². The molecule has 1 aromatic carbocycles. The van der Waals surface area contributed by atoms with Crippen molar-refractivity contribution in [1.82, 2.24) is 0 Å². The Morgan fingerprint density at radius 2 is 1.94 bits per heavy atom. The van der Waals surface area contributed by atoms with Crippen LogP contribution in [0.1, 0.15) is 18.4 Å². The summed E-state index contributed by atoms with van der Waals surface area (Å²) in [6.45, 7) is 0. The number of rotatable bonds is 2. The van der Waals surface area contributed by atoms with Crippen molar-refractivity contribution in [2.45, 2.75) is 24.4 Å². The van der Waals surface area contributed by atoms with Gasteiger partial charge < -0.3 is 10.5 Å². The largest absolute Gasteiger partial charge is 0.495 e. The predicted octanol–water partition coefficient (Wildman–Crippen LogP) is 2.87. The van der Waals surface area contributed by atoms with Crippen LogP contribution in [0.3, 0.4) is 0 Å². The molecule has 5 heteroatoms. The van der Waals surface area contributed by atoms with Gasteiger partial charge in [-0.05, 0) is 30.5 Å². The minimum absolute atomic E-state index is 0.142. The number of nitrogens with two attached hydrogens (primary N) is 1. The summed E-state index contributed by atoms with van der Waals surface area (Å²) in [7, 11) is 1.39. The van der Waals surface area contributed by atoms with E-state index in [9.17, 15) is 13.2 Å². The molecule has 0 atom stereocenters. The molecule has 0 bridgehead atoms. The van der Waals surface area contributed by atoms with Gasteiger partial charge in [-0.1, -0.05) is 6.07 Å². The first-order valence-electron chi connectivity index (χ1n) is 4.91. The summed E-state index contributed by atoms with van der Waals surface area (Å²) < 4.78 is 43.5. The molecule has 2 nitrogen and oxygen atoms in total. The van der Waals surface area contributed by atoms with Crippen LogP contribution in [-0.4, -0.2) is 13.3 Å². The van der Waals surface area contributed by atoms with Crippen LogP contribution in [0, 0.1) is 0 Å². The molecule has 1 aliphatic carbocycles. The highest BCUT2D eigenvalue weighted by Gasteiger charge is 2.64. The molecule has 0 spiro atoms. The van der Waals surface area contributed by atoms with Crippen LogP contribution in [-0.2, 0) is 5.41 Å². The average Bonchev–Trinajstić information content (AvgIpc) is 2.98. The third-order valence-electron chi connectivity index (χ3n) is 3.08. The first kappa shape index (κ1) is 11.1. The van der Waals surface area contributed by atoms with E-state index in [1.54, 1.807) is 0 Å². The van der Waals surface area contributed by atoms with E-state index in [0.29, 0.717) is 11.4 Å². The number of ether oxygens (including phenoxy) is 1. The molecule has 0 radical (unpaired) electrons. The molecule has 2 rings (SSSR count). The molecule has 0 unspecified atom stereocenters. The fraction of sp³-hybridized carbons (Fsp3) is 0.455. The van der Waals surface area contributed by atoms with Gasteiger partial charge in [0.25, 0.3) is 0 Å². The molecule has 0 aliphatic heterocycles. The summed E-state index contributed by atoms with van der Waals surface area (Å²) in [6, 6.07) is 4.27. The van der Waals surface area contributed by atoms with Gasteiger partial charge in [-0.3, -0.25) is 0 Å². The van der Waals surface area contributed by atoms with Crippen LogP contribution in [0.5, 0.6) is 5.75 Å². The normalized spacial score (nSPS) is 18.2. The van der Waals surface area contributed by atoms with Crippen LogP contribution >= 0.6 is 0 Å². The second-order valence-electron chi connectivity index (χ2n) is 4.04. The molecule has 0 heterocycles. The maximum atomic E-state index is 12.8. The van der Waals surface area contributed by atoms with Gasteiger partial charge in [-0.15, -0.1) is 0 Å². The number of methoxy groups -OCH3 is 1. The van der Waals surface area contributed by atoms with Gasteiger partial charge in [0.1, 0.15) is 5.75 Å². The second kappa shape index (κ2) is 3.30. The summed E-state index contributed by atoms with van der Waals surface area (Å²) in [5.74, 6) is 0.299. The third kappa shape index (κ3) is 1.50. The summed E-state index contributed by atoms with van der Waals surface area (Å²) >= 11 is 0. The van der Waals surface area contributed by atoms with Gasteiger partial charge in [-0.2, -0.15) is 13.2 Å². The summed E-state index contributed by atoms with van der Waals surface area (Å²) in [5, 5.41) is 0. The van der Waals surface area contributed by atoms with Crippen molar-refractivity contribution in [1.29, 1.82) is 0 Å². The average molecular weight is 231 g/mol. The van der Waals surface area contributed by atoms with E-state index >= 15 is 0 Å². The fourth-order valence-corrected chi connectivity index (χ4v) is 1.87. The van der Waals surface area contributed by atoms with E-state index in [1.807, 2.05) is 0 Å². The minimum Gasteiger partial charge on any atom is -0.495 e. The summed E-state index contributed by atoms with van der Waals surface area (Å²) in [5.41, 5.74) is 4.49. The number of anilines is 1. The zero-order valence-corrected chi connectivity index (χ0v) is 8.77. The third-order valence-corrected chi connectivity index (χ3v) is 3.08.